The summed E-state index contributed by atoms with van der Waals surface area (Å²) in [6.45, 7) is 12.7. The van der Waals surface area contributed by atoms with E-state index in [0.717, 1.165) is 5.56 Å². The maximum atomic E-state index is 13.5. The van der Waals surface area contributed by atoms with E-state index < -0.39 is 17.7 Å². The summed E-state index contributed by atoms with van der Waals surface area (Å²) in [5, 5.41) is 11.5. The zero-order valence-corrected chi connectivity index (χ0v) is 23.5. The maximum absolute atomic E-state index is 13.5. The van der Waals surface area contributed by atoms with Gasteiger partial charge in [0.1, 0.15) is 17.3 Å². The summed E-state index contributed by atoms with van der Waals surface area (Å²) >= 11 is 0. The average Bonchev–Trinajstić information content (AvgIpc) is 3.17. The minimum atomic E-state index is -0.816. The molecule has 0 saturated carbocycles. The molecule has 1 saturated heterocycles. The van der Waals surface area contributed by atoms with Crippen molar-refractivity contribution in [2.45, 2.75) is 59.6 Å². The topological polar surface area (TPSA) is 76.1 Å². The van der Waals surface area contributed by atoms with Crippen molar-refractivity contribution >= 4 is 23.1 Å². The van der Waals surface area contributed by atoms with E-state index in [-0.39, 0.29) is 17.4 Å². The number of ketones is 1. The highest BCUT2D eigenvalue weighted by Crippen LogP contribution is 2.43. The van der Waals surface area contributed by atoms with Crippen molar-refractivity contribution in [1.29, 1.82) is 0 Å². The number of nitrogens with zero attached hydrogens (tertiary/aromatic N) is 1. The van der Waals surface area contributed by atoms with Gasteiger partial charge in [-0.1, -0.05) is 64.1 Å². The van der Waals surface area contributed by atoms with Gasteiger partial charge in [0.25, 0.3) is 11.7 Å². The first-order valence-corrected chi connectivity index (χ1v) is 13.5. The van der Waals surface area contributed by atoms with E-state index in [9.17, 15) is 14.7 Å². The van der Waals surface area contributed by atoms with Crippen LogP contribution in [0.1, 0.15) is 70.2 Å². The van der Waals surface area contributed by atoms with Gasteiger partial charge in [0, 0.05) is 11.3 Å². The third kappa shape index (κ3) is 6.17. The molecule has 3 aromatic carbocycles. The molecule has 3 aromatic rings. The second-order valence-corrected chi connectivity index (χ2v) is 10.9. The minimum absolute atomic E-state index is 0.00569. The van der Waals surface area contributed by atoms with Crippen molar-refractivity contribution in [3.63, 3.8) is 0 Å². The van der Waals surface area contributed by atoms with Crippen LogP contribution < -0.4 is 14.4 Å². The first-order valence-electron chi connectivity index (χ1n) is 13.5. The van der Waals surface area contributed by atoms with Crippen molar-refractivity contribution < 1.29 is 24.2 Å². The van der Waals surface area contributed by atoms with E-state index in [2.05, 4.69) is 27.7 Å². The Morgan fingerprint density at radius 2 is 1.54 bits per heavy atom. The van der Waals surface area contributed by atoms with Crippen LogP contribution in [0.3, 0.4) is 0 Å². The summed E-state index contributed by atoms with van der Waals surface area (Å²) in [5.41, 5.74) is 2.84. The molecule has 204 valence electrons. The fourth-order valence-corrected chi connectivity index (χ4v) is 4.59. The number of rotatable bonds is 9. The highest BCUT2D eigenvalue weighted by Gasteiger charge is 2.47. The third-order valence-corrected chi connectivity index (χ3v) is 6.54. The summed E-state index contributed by atoms with van der Waals surface area (Å²) in [5.74, 6) is 0.258. The largest absolute Gasteiger partial charge is 0.507 e. The molecule has 0 aromatic heterocycles. The molecule has 0 aliphatic carbocycles. The van der Waals surface area contributed by atoms with E-state index in [1.54, 1.807) is 24.3 Å². The summed E-state index contributed by atoms with van der Waals surface area (Å²) < 4.78 is 11.6. The fourth-order valence-electron chi connectivity index (χ4n) is 4.59. The quantitative estimate of drug-likeness (QED) is 0.180. The lowest BCUT2D eigenvalue weighted by molar-refractivity contribution is -0.132. The Bertz CT molecular complexity index is 1350. The lowest BCUT2D eigenvalue weighted by atomic mass is 9.94. The monoisotopic (exact) mass is 527 g/mol. The Kier molecular flexibility index (Phi) is 8.44. The van der Waals surface area contributed by atoms with Gasteiger partial charge in [-0.25, -0.2) is 0 Å². The second-order valence-electron chi connectivity index (χ2n) is 10.9. The minimum Gasteiger partial charge on any atom is -0.507 e. The van der Waals surface area contributed by atoms with Crippen molar-refractivity contribution in [3.8, 4) is 11.5 Å². The van der Waals surface area contributed by atoms with Gasteiger partial charge < -0.3 is 14.6 Å². The molecule has 1 amide bonds. The Morgan fingerprint density at radius 3 is 2.13 bits per heavy atom. The normalized spacial score (nSPS) is 16.9. The van der Waals surface area contributed by atoms with Crippen LogP contribution in [-0.4, -0.2) is 29.5 Å². The standard InChI is InChI=1S/C33H37NO5/c1-20(2)19-38-28-9-7-8-25(18-28)31(35)29-30(24-12-16-27(17-13-24)39-22(5)6)34(33(37)32(29)36)26-14-10-23(11-15-26)21(3)4/h7-18,20-22,30,35H,19H2,1-6H3/b31-29-. The van der Waals surface area contributed by atoms with E-state index in [1.165, 1.54) is 4.90 Å². The first-order chi connectivity index (χ1) is 18.6. The smallest absolute Gasteiger partial charge is 0.300 e. The number of benzene rings is 3. The van der Waals surface area contributed by atoms with Crippen molar-refractivity contribution in [3.05, 3.63) is 95.1 Å². The van der Waals surface area contributed by atoms with Crippen molar-refractivity contribution in [2.75, 3.05) is 11.5 Å². The van der Waals surface area contributed by atoms with Crippen LogP contribution in [0.2, 0.25) is 0 Å². The van der Waals surface area contributed by atoms with Gasteiger partial charge in [-0.2, -0.15) is 0 Å². The van der Waals surface area contributed by atoms with Gasteiger partial charge in [-0.3, -0.25) is 14.5 Å². The number of hydrogen-bond donors (Lipinski definition) is 1. The Hall–Kier alpha value is -4.06. The molecule has 4 rings (SSSR count). The zero-order chi connectivity index (χ0) is 28.3. The van der Waals surface area contributed by atoms with Crippen molar-refractivity contribution in [1.82, 2.24) is 0 Å². The average molecular weight is 528 g/mol. The highest BCUT2D eigenvalue weighted by atomic mass is 16.5. The van der Waals surface area contributed by atoms with Crippen LogP contribution in [0.5, 0.6) is 11.5 Å². The molecule has 1 unspecified atom stereocenters. The molecule has 39 heavy (non-hydrogen) atoms. The van der Waals surface area contributed by atoms with Gasteiger partial charge in [0.15, 0.2) is 0 Å². The van der Waals surface area contributed by atoms with Crippen LogP contribution in [0.4, 0.5) is 5.69 Å². The van der Waals surface area contributed by atoms with Crippen LogP contribution in [0.15, 0.2) is 78.4 Å². The maximum Gasteiger partial charge on any atom is 0.300 e. The molecule has 0 bridgehead atoms. The van der Waals surface area contributed by atoms with Crippen LogP contribution in [0.25, 0.3) is 5.76 Å². The van der Waals surface area contributed by atoms with Crippen molar-refractivity contribution in [2.24, 2.45) is 5.92 Å². The molecule has 1 aliphatic heterocycles. The number of amides is 1. The number of hydrogen-bond acceptors (Lipinski definition) is 5. The van der Waals surface area contributed by atoms with Gasteiger partial charge >= 0.3 is 0 Å². The molecule has 0 radical (unpaired) electrons. The molecule has 1 aliphatic rings. The molecular weight excluding hydrogens is 490 g/mol. The number of carbonyl (C=O) groups excluding carboxylic acids is 2. The number of carbonyl (C=O) groups is 2. The van der Waals surface area contributed by atoms with E-state index in [4.69, 9.17) is 9.47 Å². The summed E-state index contributed by atoms with van der Waals surface area (Å²) in [6, 6.07) is 21.1. The van der Waals surface area contributed by atoms with Crippen LogP contribution in [0, 0.1) is 5.92 Å². The molecular formula is C33H37NO5. The Labute approximate surface area is 230 Å². The molecule has 0 spiro atoms. The molecule has 1 heterocycles. The number of aliphatic hydroxyl groups is 1. The number of Topliss-reactive ketones (excluding diaryl/α,β-unsaturated/α-hetero) is 1. The molecule has 6 heteroatoms. The molecule has 1 N–H and O–H groups in total. The van der Waals surface area contributed by atoms with Crippen LogP contribution >= 0.6 is 0 Å². The van der Waals surface area contributed by atoms with E-state index >= 15 is 0 Å². The van der Waals surface area contributed by atoms with Gasteiger partial charge in [-0.05, 0) is 73.2 Å². The third-order valence-electron chi connectivity index (χ3n) is 6.54. The van der Waals surface area contributed by atoms with Gasteiger partial charge in [-0.15, -0.1) is 0 Å². The van der Waals surface area contributed by atoms with Gasteiger partial charge in [0.2, 0.25) is 0 Å². The first kappa shape index (κ1) is 28.0. The molecule has 1 atom stereocenters. The number of aliphatic hydroxyl groups excluding tert-OH is 1. The SMILES string of the molecule is CC(C)COc1cccc(/C(O)=C2/C(=O)C(=O)N(c3ccc(C(C)C)cc3)C2c2ccc(OC(C)C)cc2)c1. The predicted octanol–water partition coefficient (Wildman–Crippen LogP) is 7.26. The number of ether oxygens (including phenoxy) is 2. The molecule has 6 nitrogen and oxygen atoms in total. The summed E-state index contributed by atoms with van der Waals surface area (Å²) in [6.07, 6.45) is 0.00569. The van der Waals surface area contributed by atoms with E-state index in [0.29, 0.717) is 46.8 Å². The fraction of sp³-hybridized carbons (Fsp3) is 0.333. The summed E-state index contributed by atoms with van der Waals surface area (Å²) in [4.78, 5) is 28.5. The zero-order valence-electron chi connectivity index (χ0n) is 23.5. The lowest BCUT2D eigenvalue weighted by Gasteiger charge is -2.26. The lowest BCUT2D eigenvalue weighted by Crippen LogP contribution is -2.29. The van der Waals surface area contributed by atoms with E-state index in [1.807, 2.05) is 62.4 Å². The predicted molar refractivity (Wildman–Crippen MR) is 154 cm³/mol. The Balaban J connectivity index is 1.83. The highest BCUT2D eigenvalue weighted by molar-refractivity contribution is 6.51. The molecule has 1 fully saturated rings. The second kappa shape index (κ2) is 11.8. The van der Waals surface area contributed by atoms with Gasteiger partial charge in [0.05, 0.1) is 24.3 Å². The van der Waals surface area contributed by atoms with Crippen LogP contribution in [-0.2, 0) is 9.59 Å². The summed E-state index contributed by atoms with van der Waals surface area (Å²) in [7, 11) is 0. The Morgan fingerprint density at radius 1 is 0.872 bits per heavy atom. The number of anilines is 1.